The Labute approximate surface area is 144 Å². The quantitative estimate of drug-likeness (QED) is 0.782. The van der Waals surface area contributed by atoms with Crippen LogP contribution in [0.2, 0.25) is 0 Å². The Morgan fingerprint density at radius 1 is 0.958 bits per heavy atom. The molecule has 2 aliphatic carbocycles. The van der Waals surface area contributed by atoms with Crippen molar-refractivity contribution in [2.45, 2.75) is 31.7 Å². The second-order valence-electron chi connectivity index (χ2n) is 7.73. The number of nitrogens with one attached hydrogen (secondary N) is 1. The van der Waals surface area contributed by atoms with Crippen molar-refractivity contribution in [2.24, 2.45) is 5.92 Å². The Bertz CT molecular complexity index is 741. The van der Waals surface area contributed by atoms with E-state index >= 15 is 0 Å². The first-order chi connectivity index (χ1) is 11.9. The molecule has 2 fully saturated rings. The lowest BCUT2D eigenvalue weighted by atomic mass is 9.95. The molecule has 1 aliphatic heterocycles. The van der Waals surface area contributed by atoms with Gasteiger partial charge in [-0.15, -0.1) is 0 Å². The molecule has 1 heterocycles. The molecule has 2 nitrogen and oxygen atoms in total. The number of piperazine rings is 1. The predicted octanol–water partition coefficient (Wildman–Crippen LogP) is 4.00. The van der Waals surface area contributed by atoms with Gasteiger partial charge in [-0.25, -0.2) is 0 Å². The van der Waals surface area contributed by atoms with Gasteiger partial charge in [-0.05, 0) is 46.6 Å². The van der Waals surface area contributed by atoms with Crippen molar-refractivity contribution in [1.29, 1.82) is 0 Å². The summed E-state index contributed by atoms with van der Waals surface area (Å²) in [5.41, 5.74) is 7.48. The van der Waals surface area contributed by atoms with E-state index in [9.17, 15) is 0 Å². The van der Waals surface area contributed by atoms with E-state index in [1.807, 2.05) is 0 Å². The lowest BCUT2D eigenvalue weighted by molar-refractivity contribution is 0.160. The van der Waals surface area contributed by atoms with E-state index in [2.05, 4.69) is 52.7 Å². The van der Waals surface area contributed by atoms with Gasteiger partial charge in [-0.1, -0.05) is 55.3 Å². The molecule has 1 N–H and O–H groups in total. The molecule has 2 aromatic rings. The molecule has 0 unspecified atom stereocenters. The van der Waals surface area contributed by atoms with E-state index in [1.165, 1.54) is 54.6 Å². The zero-order chi connectivity index (χ0) is 15.9. The van der Waals surface area contributed by atoms with Crippen LogP contribution in [0.5, 0.6) is 0 Å². The zero-order valence-corrected chi connectivity index (χ0v) is 14.3. The topological polar surface area (TPSA) is 15.3 Å². The minimum absolute atomic E-state index is 0.619. The molecular formula is C22H26N2. The molecule has 0 aromatic heterocycles. The molecule has 0 radical (unpaired) electrons. The SMILES string of the molecule is c1ccc2c(c1)Cc1cc([C@H](CC3CC3)N3CCNCC3)ccc1-2. The lowest BCUT2D eigenvalue weighted by Crippen LogP contribution is -2.45. The lowest BCUT2D eigenvalue weighted by Gasteiger charge is -2.35. The number of hydrogen-bond acceptors (Lipinski definition) is 2. The molecule has 0 bridgehead atoms. The number of hydrogen-bond donors (Lipinski definition) is 1. The van der Waals surface area contributed by atoms with Gasteiger partial charge in [0.15, 0.2) is 0 Å². The molecule has 5 rings (SSSR count). The van der Waals surface area contributed by atoms with Crippen LogP contribution in [0.25, 0.3) is 11.1 Å². The third-order valence-corrected chi connectivity index (χ3v) is 6.05. The fraction of sp³-hybridized carbons (Fsp3) is 0.455. The second kappa shape index (κ2) is 6.02. The van der Waals surface area contributed by atoms with Crippen LogP contribution in [0.15, 0.2) is 42.5 Å². The average Bonchev–Trinajstić information content (AvgIpc) is 3.38. The van der Waals surface area contributed by atoms with Gasteiger partial charge in [0.25, 0.3) is 0 Å². The molecule has 0 amide bonds. The first-order valence-corrected chi connectivity index (χ1v) is 9.54. The van der Waals surface area contributed by atoms with Gasteiger partial charge in [0.2, 0.25) is 0 Å². The van der Waals surface area contributed by atoms with Crippen molar-refractivity contribution < 1.29 is 0 Å². The van der Waals surface area contributed by atoms with E-state index < -0.39 is 0 Å². The van der Waals surface area contributed by atoms with Crippen LogP contribution < -0.4 is 5.32 Å². The molecular weight excluding hydrogens is 292 g/mol. The van der Waals surface area contributed by atoms with Gasteiger partial charge in [0.05, 0.1) is 0 Å². The van der Waals surface area contributed by atoms with Gasteiger partial charge in [-0.2, -0.15) is 0 Å². The van der Waals surface area contributed by atoms with Crippen molar-refractivity contribution in [1.82, 2.24) is 10.2 Å². The Morgan fingerprint density at radius 3 is 2.58 bits per heavy atom. The van der Waals surface area contributed by atoms with Gasteiger partial charge < -0.3 is 5.32 Å². The average molecular weight is 318 g/mol. The third kappa shape index (κ3) is 2.68. The maximum Gasteiger partial charge on any atom is 0.0351 e. The normalized spacial score (nSPS) is 21.3. The molecule has 24 heavy (non-hydrogen) atoms. The standard InChI is InChI=1S/C22H26N2/c1-2-4-20-17(3-1)14-19-15-18(7-8-21(19)20)22(13-16-5-6-16)24-11-9-23-10-12-24/h1-4,7-8,15-16,22-23H,5-6,9-14H2/t22-/m0/s1. The van der Waals surface area contributed by atoms with Gasteiger partial charge in [0.1, 0.15) is 0 Å². The fourth-order valence-corrected chi connectivity index (χ4v) is 4.53. The highest BCUT2D eigenvalue weighted by atomic mass is 15.2. The van der Waals surface area contributed by atoms with E-state index in [4.69, 9.17) is 0 Å². The fourth-order valence-electron chi connectivity index (χ4n) is 4.53. The van der Waals surface area contributed by atoms with E-state index in [0.717, 1.165) is 25.4 Å². The van der Waals surface area contributed by atoms with Crippen molar-refractivity contribution in [2.75, 3.05) is 26.2 Å². The van der Waals surface area contributed by atoms with Crippen molar-refractivity contribution >= 4 is 0 Å². The summed E-state index contributed by atoms with van der Waals surface area (Å²) in [6.45, 7) is 4.65. The van der Waals surface area contributed by atoms with Gasteiger partial charge >= 0.3 is 0 Å². The highest BCUT2D eigenvalue weighted by molar-refractivity contribution is 5.77. The summed E-state index contributed by atoms with van der Waals surface area (Å²) in [5, 5.41) is 3.50. The summed E-state index contributed by atoms with van der Waals surface area (Å²) in [5.74, 6) is 0.968. The number of nitrogens with zero attached hydrogens (tertiary/aromatic N) is 1. The Morgan fingerprint density at radius 2 is 1.75 bits per heavy atom. The summed E-state index contributed by atoms with van der Waals surface area (Å²) in [7, 11) is 0. The van der Waals surface area contributed by atoms with Crippen LogP contribution in [-0.4, -0.2) is 31.1 Å². The smallest absolute Gasteiger partial charge is 0.0351 e. The van der Waals surface area contributed by atoms with Crippen LogP contribution in [-0.2, 0) is 6.42 Å². The molecule has 1 saturated heterocycles. The first kappa shape index (κ1) is 14.7. The highest BCUT2D eigenvalue weighted by Gasteiger charge is 2.31. The minimum atomic E-state index is 0.619. The van der Waals surface area contributed by atoms with Crippen LogP contribution in [0.1, 0.15) is 42.0 Å². The summed E-state index contributed by atoms with van der Waals surface area (Å²) in [6, 6.07) is 16.8. The van der Waals surface area contributed by atoms with Gasteiger partial charge in [-0.3, -0.25) is 4.90 Å². The van der Waals surface area contributed by atoms with Crippen LogP contribution in [0, 0.1) is 5.92 Å². The largest absolute Gasteiger partial charge is 0.314 e. The molecule has 0 spiro atoms. The summed E-state index contributed by atoms with van der Waals surface area (Å²) in [6.07, 6.45) is 5.35. The first-order valence-electron chi connectivity index (χ1n) is 9.54. The predicted molar refractivity (Wildman–Crippen MR) is 99.2 cm³/mol. The number of benzene rings is 2. The molecule has 1 saturated carbocycles. The van der Waals surface area contributed by atoms with Crippen molar-refractivity contribution in [3.63, 3.8) is 0 Å². The summed E-state index contributed by atoms with van der Waals surface area (Å²) in [4.78, 5) is 2.72. The molecule has 1 atom stereocenters. The van der Waals surface area contributed by atoms with E-state index in [0.29, 0.717) is 6.04 Å². The minimum Gasteiger partial charge on any atom is -0.314 e. The Hall–Kier alpha value is -1.64. The van der Waals surface area contributed by atoms with Gasteiger partial charge in [0, 0.05) is 32.2 Å². The van der Waals surface area contributed by atoms with E-state index in [1.54, 1.807) is 5.56 Å². The van der Waals surface area contributed by atoms with Crippen LogP contribution in [0.3, 0.4) is 0 Å². The monoisotopic (exact) mass is 318 g/mol. The Kier molecular flexibility index (Phi) is 3.68. The second-order valence-corrected chi connectivity index (χ2v) is 7.73. The summed E-state index contributed by atoms with van der Waals surface area (Å²) >= 11 is 0. The van der Waals surface area contributed by atoms with Crippen LogP contribution in [0.4, 0.5) is 0 Å². The molecule has 124 valence electrons. The van der Waals surface area contributed by atoms with Crippen molar-refractivity contribution in [3.05, 3.63) is 59.2 Å². The van der Waals surface area contributed by atoms with E-state index in [-0.39, 0.29) is 0 Å². The molecule has 2 aromatic carbocycles. The zero-order valence-electron chi connectivity index (χ0n) is 14.3. The maximum absolute atomic E-state index is 3.50. The third-order valence-electron chi connectivity index (χ3n) is 6.05. The number of rotatable bonds is 4. The van der Waals surface area contributed by atoms with Crippen LogP contribution >= 0.6 is 0 Å². The number of fused-ring (bicyclic) bond motifs is 3. The maximum atomic E-state index is 3.50. The van der Waals surface area contributed by atoms with Crippen molar-refractivity contribution in [3.8, 4) is 11.1 Å². The summed E-state index contributed by atoms with van der Waals surface area (Å²) < 4.78 is 0. The molecule has 2 heteroatoms. The highest BCUT2D eigenvalue weighted by Crippen LogP contribution is 2.42. The Balaban J connectivity index is 1.47. The molecule has 3 aliphatic rings.